The minimum atomic E-state index is -0.397. The number of carbonyl (C=O) groups excluding carboxylic acids is 1. The predicted octanol–water partition coefficient (Wildman–Crippen LogP) is 15.6. The number of fused-ring (bicyclic) bond motifs is 10. The van der Waals surface area contributed by atoms with E-state index < -0.39 is 6.16 Å². The van der Waals surface area contributed by atoms with Gasteiger partial charge in [0.15, 0.2) is 0 Å². The molecule has 6 saturated carbocycles. The first-order chi connectivity index (χ1) is 27.1. The Labute approximate surface area is 351 Å². The fourth-order valence-corrected chi connectivity index (χ4v) is 17.6. The molecule has 0 radical (unpaired) electrons. The van der Waals surface area contributed by atoms with E-state index >= 15 is 0 Å². The van der Waals surface area contributed by atoms with E-state index in [1.165, 1.54) is 96.3 Å². The second kappa shape index (κ2) is 16.2. The van der Waals surface area contributed by atoms with Crippen LogP contribution in [0.3, 0.4) is 0 Å². The predicted molar refractivity (Wildman–Crippen MR) is 237 cm³/mol. The molecular formula is C54H88O3. The highest BCUT2D eigenvalue weighted by Gasteiger charge is 2.61. The quantitative estimate of drug-likeness (QED) is 0.155. The van der Waals surface area contributed by atoms with Crippen molar-refractivity contribution in [2.75, 3.05) is 0 Å². The van der Waals surface area contributed by atoms with Crippen molar-refractivity contribution in [3.8, 4) is 0 Å². The Morgan fingerprint density at radius 3 is 1.47 bits per heavy atom. The lowest BCUT2D eigenvalue weighted by Crippen LogP contribution is -2.51. The van der Waals surface area contributed by atoms with E-state index in [0.717, 1.165) is 110 Å². The molecular weight excluding hydrogens is 697 g/mol. The maximum atomic E-state index is 13.5. The number of hydrogen-bond donors (Lipinski definition) is 0. The molecule has 0 bridgehead atoms. The Bertz CT molecular complexity index is 1510. The summed E-state index contributed by atoms with van der Waals surface area (Å²) in [7, 11) is 0. The Morgan fingerprint density at radius 1 is 0.561 bits per heavy atom. The smallest absolute Gasteiger partial charge is 0.431 e. The van der Waals surface area contributed by atoms with Crippen LogP contribution in [-0.4, -0.2) is 18.4 Å². The van der Waals surface area contributed by atoms with E-state index in [0.29, 0.717) is 10.8 Å². The first kappa shape index (κ1) is 42.4. The summed E-state index contributed by atoms with van der Waals surface area (Å²) in [5.74, 6) is 10.2. The third-order valence-corrected chi connectivity index (χ3v) is 20.8. The molecule has 3 nitrogen and oxygen atoms in total. The maximum Gasteiger partial charge on any atom is 0.508 e. The summed E-state index contributed by atoms with van der Waals surface area (Å²) in [6.07, 6.45) is 31.8. The normalized spacial score (nSPS) is 46.0. The average Bonchev–Trinajstić information content (AvgIpc) is 3.71. The Morgan fingerprint density at radius 2 is 1.02 bits per heavy atom. The zero-order valence-corrected chi connectivity index (χ0v) is 38.8. The number of carbonyl (C=O) groups is 1. The van der Waals surface area contributed by atoms with Crippen molar-refractivity contribution in [2.45, 2.75) is 216 Å². The first-order valence-electron chi connectivity index (χ1n) is 25.3. The molecule has 322 valence electrons. The van der Waals surface area contributed by atoms with Gasteiger partial charge >= 0.3 is 6.16 Å². The molecule has 8 aliphatic carbocycles. The maximum absolute atomic E-state index is 13.5. The summed E-state index contributed by atoms with van der Waals surface area (Å²) < 4.78 is 12.5. The van der Waals surface area contributed by atoms with Crippen molar-refractivity contribution >= 4 is 6.16 Å². The van der Waals surface area contributed by atoms with Crippen LogP contribution in [0.1, 0.15) is 204 Å². The molecule has 0 aromatic rings. The Kier molecular flexibility index (Phi) is 12.1. The van der Waals surface area contributed by atoms with Crippen LogP contribution in [0.2, 0.25) is 0 Å². The lowest BCUT2D eigenvalue weighted by Gasteiger charge is -2.58. The van der Waals surface area contributed by atoms with Crippen LogP contribution in [0.5, 0.6) is 0 Å². The van der Waals surface area contributed by atoms with E-state index in [4.69, 9.17) is 9.47 Å². The SMILES string of the molecule is CC(C)CCCC(C)C1CCC2C3CC=C4CC(OC(=O)OC5CCC6(C)C(=CCC7C6CCC6(C)C(C(C)CCC(C)C)CCC76)C5)CCC4(C)C3CCC12C. The molecule has 8 rings (SSSR count). The van der Waals surface area contributed by atoms with E-state index in [2.05, 4.69) is 81.4 Å². The van der Waals surface area contributed by atoms with Gasteiger partial charge in [-0.05, 0) is 183 Å². The summed E-state index contributed by atoms with van der Waals surface area (Å²) in [6, 6.07) is 0. The van der Waals surface area contributed by atoms with Gasteiger partial charge in [-0.1, -0.05) is 125 Å². The monoisotopic (exact) mass is 785 g/mol. The molecule has 0 amide bonds. The highest BCUT2D eigenvalue weighted by atomic mass is 16.7. The number of ether oxygens (including phenoxy) is 2. The standard InChI is InChI=1S/C54H88O3/c1-34(2)12-11-13-36(5)44-20-22-46-42-18-16-38-32-40(24-28-51(38,7)48(42)26-30-53(44,46)9)56-50(55)57-41-25-29-52(8)39(33-41)17-19-43-47-23-21-45(37(6)15-14-35(3)4)54(47,10)31-27-49(43)52/h16-17,34-37,40-49H,11-15,18-33H2,1-10H3. The van der Waals surface area contributed by atoms with Crippen LogP contribution in [0.25, 0.3) is 0 Å². The van der Waals surface area contributed by atoms with Crippen molar-refractivity contribution in [2.24, 2.45) is 92.7 Å². The minimum Gasteiger partial charge on any atom is -0.431 e. The van der Waals surface area contributed by atoms with Crippen molar-refractivity contribution in [1.82, 2.24) is 0 Å². The molecule has 57 heavy (non-hydrogen) atoms. The lowest BCUT2D eigenvalue weighted by atomic mass is 9.47. The van der Waals surface area contributed by atoms with Crippen LogP contribution >= 0.6 is 0 Å². The van der Waals surface area contributed by atoms with E-state index in [9.17, 15) is 4.79 Å². The second-order valence-electron chi connectivity index (χ2n) is 24.4. The fourth-order valence-electron chi connectivity index (χ4n) is 17.6. The van der Waals surface area contributed by atoms with Gasteiger partial charge in [-0.2, -0.15) is 0 Å². The van der Waals surface area contributed by atoms with Gasteiger partial charge in [-0.3, -0.25) is 0 Å². The van der Waals surface area contributed by atoms with Gasteiger partial charge in [0.05, 0.1) is 0 Å². The molecule has 0 spiro atoms. The first-order valence-corrected chi connectivity index (χ1v) is 25.3. The second-order valence-corrected chi connectivity index (χ2v) is 24.4. The number of allylic oxidation sites excluding steroid dienone is 2. The largest absolute Gasteiger partial charge is 0.508 e. The summed E-state index contributed by atoms with van der Waals surface area (Å²) in [5, 5.41) is 0. The molecule has 16 unspecified atom stereocenters. The molecule has 6 fully saturated rings. The lowest BCUT2D eigenvalue weighted by molar-refractivity contribution is -0.0717. The van der Waals surface area contributed by atoms with Crippen molar-refractivity contribution in [1.29, 1.82) is 0 Å². The summed E-state index contributed by atoms with van der Waals surface area (Å²) in [4.78, 5) is 13.5. The Balaban J connectivity index is 0.843. The zero-order valence-electron chi connectivity index (χ0n) is 38.8. The van der Waals surface area contributed by atoms with Gasteiger partial charge in [0.2, 0.25) is 0 Å². The van der Waals surface area contributed by atoms with Crippen LogP contribution in [0.15, 0.2) is 23.3 Å². The topological polar surface area (TPSA) is 35.5 Å². The van der Waals surface area contributed by atoms with Gasteiger partial charge in [0, 0.05) is 12.8 Å². The van der Waals surface area contributed by atoms with Gasteiger partial charge in [0.1, 0.15) is 12.2 Å². The van der Waals surface area contributed by atoms with Crippen molar-refractivity contribution in [3.05, 3.63) is 23.3 Å². The van der Waals surface area contributed by atoms with E-state index in [-0.39, 0.29) is 23.0 Å². The summed E-state index contributed by atoms with van der Waals surface area (Å²) >= 11 is 0. The molecule has 0 aromatic carbocycles. The Hall–Kier alpha value is -1.25. The van der Waals surface area contributed by atoms with Gasteiger partial charge in [-0.15, -0.1) is 0 Å². The van der Waals surface area contributed by atoms with E-state index in [1.807, 2.05) is 0 Å². The third kappa shape index (κ3) is 7.58. The highest BCUT2D eigenvalue weighted by molar-refractivity contribution is 5.60. The minimum absolute atomic E-state index is 0.0341. The highest BCUT2D eigenvalue weighted by Crippen LogP contribution is 2.69. The number of rotatable bonds is 11. The summed E-state index contributed by atoms with van der Waals surface area (Å²) in [5.41, 5.74) is 4.80. The third-order valence-electron chi connectivity index (χ3n) is 20.8. The molecule has 0 saturated heterocycles. The molecule has 8 aliphatic rings. The fraction of sp³-hybridized carbons (Fsp3) is 0.907. The molecule has 0 heterocycles. The number of hydrogen-bond acceptors (Lipinski definition) is 3. The molecule has 3 heteroatoms. The van der Waals surface area contributed by atoms with Crippen LogP contribution in [0.4, 0.5) is 4.79 Å². The van der Waals surface area contributed by atoms with Crippen molar-refractivity contribution < 1.29 is 14.3 Å². The van der Waals surface area contributed by atoms with Crippen LogP contribution in [-0.2, 0) is 9.47 Å². The molecule has 16 atom stereocenters. The van der Waals surface area contributed by atoms with Gasteiger partial charge in [-0.25, -0.2) is 4.79 Å². The van der Waals surface area contributed by atoms with E-state index in [1.54, 1.807) is 11.1 Å². The van der Waals surface area contributed by atoms with Gasteiger partial charge in [0.25, 0.3) is 0 Å². The summed E-state index contributed by atoms with van der Waals surface area (Å²) in [6.45, 7) is 25.3. The van der Waals surface area contributed by atoms with Gasteiger partial charge < -0.3 is 9.47 Å². The van der Waals surface area contributed by atoms with Crippen molar-refractivity contribution in [3.63, 3.8) is 0 Å². The molecule has 0 aromatic heterocycles. The molecule has 0 aliphatic heterocycles. The van der Waals surface area contributed by atoms with Crippen LogP contribution < -0.4 is 0 Å². The van der Waals surface area contributed by atoms with Crippen LogP contribution in [0, 0.1) is 92.7 Å². The average molecular weight is 785 g/mol. The zero-order chi connectivity index (χ0) is 40.5. The molecule has 0 N–H and O–H groups in total.